The number of fused-ring (bicyclic) bond motifs is 1. The highest BCUT2D eigenvalue weighted by atomic mass is 79.9. The third kappa shape index (κ3) is 3.33. The highest BCUT2D eigenvalue weighted by Crippen LogP contribution is 2.36. The maximum atomic E-state index is 4.62. The molecule has 0 bridgehead atoms. The molecule has 0 aliphatic heterocycles. The van der Waals surface area contributed by atoms with Gasteiger partial charge < -0.3 is 5.32 Å². The predicted molar refractivity (Wildman–Crippen MR) is 93.0 cm³/mol. The second kappa shape index (κ2) is 6.95. The summed E-state index contributed by atoms with van der Waals surface area (Å²) in [6.45, 7) is 0. The van der Waals surface area contributed by atoms with Gasteiger partial charge in [0.05, 0.1) is 0 Å². The summed E-state index contributed by atoms with van der Waals surface area (Å²) in [5.74, 6) is 1.58. The Balaban J connectivity index is 1.71. The zero-order chi connectivity index (χ0) is 14.7. The first-order valence-corrected chi connectivity index (χ1v) is 9.06. The molecule has 0 fully saturated rings. The van der Waals surface area contributed by atoms with Crippen molar-refractivity contribution >= 4 is 27.7 Å². The van der Waals surface area contributed by atoms with E-state index < -0.39 is 0 Å². The number of pyridine rings is 1. The van der Waals surface area contributed by atoms with Gasteiger partial charge in [0.1, 0.15) is 0 Å². The molecule has 2 nitrogen and oxygen atoms in total. The Labute approximate surface area is 138 Å². The lowest BCUT2D eigenvalue weighted by Crippen LogP contribution is -2.33. The van der Waals surface area contributed by atoms with Gasteiger partial charge in [-0.1, -0.05) is 18.2 Å². The Morgan fingerprint density at radius 1 is 1.33 bits per heavy atom. The highest BCUT2D eigenvalue weighted by Gasteiger charge is 2.30. The summed E-state index contributed by atoms with van der Waals surface area (Å²) >= 11 is 5.53. The molecule has 0 saturated carbocycles. The van der Waals surface area contributed by atoms with E-state index in [0.717, 1.165) is 12.2 Å². The van der Waals surface area contributed by atoms with Crippen LogP contribution < -0.4 is 5.32 Å². The number of nitrogens with one attached hydrogen (secondary N) is 1. The summed E-state index contributed by atoms with van der Waals surface area (Å²) in [4.78, 5) is 5.93. The number of nitrogens with zero attached hydrogens (tertiary/aromatic N) is 1. The summed E-state index contributed by atoms with van der Waals surface area (Å²) in [5.41, 5.74) is 2.72. The van der Waals surface area contributed by atoms with Crippen molar-refractivity contribution in [2.75, 3.05) is 12.8 Å². The highest BCUT2D eigenvalue weighted by molar-refractivity contribution is 9.10. The third-order valence-corrected chi connectivity index (χ3v) is 6.26. The molecule has 1 aliphatic carbocycles. The van der Waals surface area contributed by atoms with E-state index in [-0.39, 0.29) is 0 Å². The van der Waals surface area contributed by atoms with Crippen LogP contribution in [-0.2, 0) is 6.42 Å². The lowest BCUT2D eigenvalue weighted by molar-refractivity contribution is 0.491. The van der Waals surface area contributed by atoms with Crippen molar-refractivity contribution in [1.82, 2.24) is 10.3 Å². The molecule has 0 spiro atoms. The van der Waals surface area contributed by atoms with Gasteiger partial charge in [0.2, 0.25) is 0 Å². The Hall–Kier alpha value is -0.840. The van der Waals surface area contributed by atoms with Gasteiger partial charge in [-0.05, 0) is 59.6 Å². The van der Waals surface area contributed by atoms with Crippen molar-refractivity contribution in [1.29, 1.82) is 0 Å². The molecule has 0 radical (unpaired) electrons. The number of benzene rings is 1. The van der Waals surface area contributed by atoms with E-state index in [1.165, 1.54) is 27.0 Å². The number of likely N-dealkylation sites (N-methyl/N-ethyl adjacent to an activating group) is 1. The van der Waals surface area contributed by atoms with Crippen molar-refractivity contribution in [2.45, 2.75) is 29.7 Å². The first kappa shape index (κ1) is 15.1. The molecule has 1 N–H and O–H groups in total. The van der Waals surface area contributed by atoms with Crippen LogP contribution in [-0.4, -0.2) is 23.8 Å². The zero-order valence-electron chi connectivity index (χ0n) is 12.1. The molecule has 1 aromatic carbocycles. The molecule has 1 aromatic heterocycles. The van der Waals surface area contributed by atoms with Crippen LogP contribution in [0.5, 0.6) is 0 Å². The van der Waals surface area contributed by atoms with Crippen molar-refractivity contribution < 1.29 is 0 Å². The normalized spacial score (nSPS) is 18.5. The van der Waals surface area contributed by atoms with Gasteiger partial charge in [0.15, 0.2) is 0 Å². The standard InChI is InChI=1S/C17H19BrN2S/c1-19-15(11-21-16-7-3-2-6-14(16)18)13-9-8-12-5-4-10-20-17(12)13/h2-7,10,13,15,19H,8-9,11H2,1H3. The van der Waals surface area contributed by atoms with Gasteiger partial charge in [0.25, 0.3) is 0 Å². The molecule has 1 aliphatic rings. The molecular formula is C17H19BrN2S. The van der Waals surface area contributed by atoms with Gasteiger partial charge >= 0.3 is 0 Å². The number of hydrogen-bond donors (Lipinski definition) is 1. The Bertz CT molecular complexity index is 617. The zero-order valence-corrected chi connectivity index (χ0v) is 14.5. The number of rotatable bonds is 5. The van der Waals surface area contributed by atoms with E-state index >= 15 is 0 Å². The number of hydrogen-bond acceptors (Lipinski definition) is 3. The van der Waals surface area contributed by atoms with Crippen LogP contribution in [0.4, 0.5) is 0 Å². The van der Waals surface area contributed by atoms with Crippen molar-refractivity contribution in [2.24, 2.45) is 0 Å². The maximum absolute atomic E-state index is 4.62. The second-order valence-electron chi connectivity index (χ2n) is 5.33. The van der Waals surface area contributed by atoms with E-state index in [2.05, 4.69) is 63.6 Å². The summed E-state index contributed by atoms with van der Waals surface area (Å²) in [5, 5.41) is 3.50. The monoisotopic (exact) mass is 362 g/mol. The van der Waals surface area contributed by atoms with Crippen LogP contribution in [0.2, 0.25) is 0 Å². The molecule has 0 amide bonds. The average Bonchev–Trinajstić information content (AvgIpc) is 2.94. The van der Waals surface area contributed by atoms with Gasteiger partial charge in [-0.25, -0.2) is 0 Å². The predicted octanol–water partition coefficient (Wildman–Crippen LogP) is 4.25. The van der Waals surface area contributed by atoms with Crippen LogP contribution in [0, 0.1) is 0 Å². The molecule has 4 heteroatoms. The topological polar surface area (TPSA) is 24.9 Å². The summed E-state index contributed by atoms with van der Waals surface area (Å²) in [7, 11) is 2.06. The molecule has 21 heavy (non-hydrogen) atoms. The number of thioether (sulfide) groups is 1. The third-order valence-electron chi connectivity index (χ3n) is 4.11. The van der Waals surface area contributed by atoms with Gasteiger partial charge in [-0.3, -0.25) is 4.98 Å². The minimum absolute atomic E-state index is 0.457. The van der Waals surface area contributed by atoms with Crippen LogP contribution in [0.15, 0.2) is 52.0 Å². The fraction of sp³-hybridized carbons (Fsp3) is 0.353. The first-order valence-electron chi connectivity index (χ1n) is 7.28. The van der Waals surface area contributed by atoms with Crippen molar-refractivity contribution in [3.63, 3.8) is 0 Å². The van der Waals surface area contributed by atoms with E-state index in [4.69, 9.17) is 0 Å². The summed E-state index contributed by atoms with van der Waals surface area (Å²) in [6.07, 6.45) is 4.28. The molecular weight excluding hydrogens is 344 g/mol. The van der Waals surface area contributed by atoms with Crippen LogP contribution in [0.3, 0.4) is 0 Å². The summed E-state index contributed by atoms with van der Waals surface area (Å²) in [6, 6.07) is 13.1. The smallest absolute Gasteiger partial charge is 0.0482 e. The molecule has 2 aromatic rings. The molecule has 110 valence electrons. The lowest BCUT2D eigenvalue weighted by Gasteiger charge is -2.23. The van der Waals surface area contributed by atoms with Gasteiger partial charge in [0, 0.05) is 39.0 Å². The van der Waals surface area contributed by atoms with Crippen molar-refractivity contribution in [3.8, 4) is 0 Å². The van der Waals surface area contributed by atoms with Crippen molar-refractivity contribution in [3.05, 3.63) is 58.3 Å². The Morgan fingerprint density at radius 2 is 2.19 bits per heavy atom. The van der Waals surface area contributed by atoms with E-state index in [1.54, 1.807) is 0 Å². The average molecular weight is 363 g/mol. The lowest BCUT2D eigenvalue weighted by atomic mass is 9.98. The maximum Gasteiger partial charge on any atom is 0.0482 e. The van der Waals surface area contributed by atoms with E-state index in [1.807, 2.05) is 24.0 Å². The SMILES string of the molecule is CNC(CSc1ccccc1Br)C1CCc2cccnc21. The molecule has 1 heterocycles. The number of aryl methyl sites for hydroxylation is 1. The Kier molecular flexibility index (Phi) is 4.99. The van der Waals surface area contributed by atoms with Gasteiger partial charge in [-0.15, -0.1) is 11.8 Å². The summed E-state index contributed by atoms with van der Waals surface area (Å²) < 4.78 is 1.18. The Morgan fingerprint density at radius 3 is 3.00 bits per heavy atom. The quantitative estimate of drug-likeness (QED) is 0.804. The van der Waals surface area contributed by atoms with Crippen LogP contribution in [0.1, 0.15) is 23.6 Å². The van der Waals surface area contributed by atoms with E-state index in [9.17, 15) is 0 Å². The fourth-order valence-corrected chi connectivity index (χ4v) is 4.74. The molecule has 3 rings (SSSR count). The number of aromatic nitrogens is 1. The minimum Gasteiger partial charge on any atom is -0.315 e. The fourth-order valence-electron chi connectivity index (χ4n) is 2.98. The largest absolute Gasteiger partial charge is 0.315 e. The second-order valence-corrected chi connectivity index (χ2v) is 7.25. The molecule has 2 atom stereocenters. The van der Waals surface area contributed by atoms with Crippen LogP contribution >= 0.6 is 27.7 Å². The van der Waals surface area contributed by atoms with Gasteiger partial charge in [-0.2, -0.15) is 0 Å². The molecule has 2 unspecified atom stereocenters. The minimum atomic E-state index is 0.457. The van der Waals surface area contributed by atoms with E-state index in [0.29, 0.717) is 12.0 Å². The van der Waals surface area contributed by atoms with Crippen LogP contribution in [0.25, 0.3) is 0 Å². The molecule has 0 saturated heterocycles. The first-order chi connectivity index (χ1) is 10.3. The number of halogens is 1.